The third kappa shape index (κ3) is 2.56. The van der Waals surface area contributed by atoms with Crippen molar-refractivity contribution >= 4 is 16.8 Å². The molecule has 1 atom stereocenters. The van der Waals surface area contributed by atoms with E-state index >= 15 is 0 Å². The van der Waals surface area contributed by atoms with Gasteiger partial charge in [-0.15, -0.1) is 0 Å². The molecule has 4 nitrogen and oxygen atoms in total. The number of nitrogens with one attached hydrogen (secondary N) is 1. The normalized spacial score (nSPS) is 19.4. The largest absolute Gasteiger partial charge is 0.361 e. The van der Waals surface area contributed by atoms with Crippen LogP contribution in [0.2, 0.25) is 0 Å². The molecule has 106 valence electrons. The van der Waals surface area contributed by atoms with E-state index in [4.69, 9.17) is 5.73 Å². The number of hydrogen-bond donors (Lipinski definition) is 2. The molecule has 1 aromatic heterocycles. The average Bonchev–Trinajstić information content (AvgIpc) is 2.94. The molecule has 1 fully saturated rings. The molecule has 3 rings (SSSR count). The smallest absolute Gasteiger partial charge is 0.253 e. The fourth-order valence-corrected chi connectivity index (χ4v) is 3.09. The SMILES string of the molecule is NCCC1CCCN(C(=O)c2ccc3[nH]ccc3c2)C1. The van der Waals surface area contributed by atoms with Gasteiger partial charge in [0.2, 0.25) is 0 Å². The van der Waals surface area contributed by atoms with Gasteiger partial charge in [0, 0.05) is 35.8 Å². The third-order valence-electron chi connectivity index (χ3n) is 4.18. The molecular weight excluding hydrogens is 250 g/mol. The second kappa shape index (κ2) is 5.67. The Hall–Kier alpha value is -1.81. The molecule has 1 amide bonds. The summed E-state index contributed by atoms with van der Waals surface area (Å²) in [6.07, 6.45) is 5.19. The van der Waals surface area contributed by atoms with Crippen LogP contribution in [0.25, 0.3) is 10.9 Å². The number of amides is 1. The Kier molecular flexibility index (Phi) is 3.74. The molecule has 1 unspecified atom stereocenters. The number of carbonyl (C=O) groups is 1. The predicted octanol–water partition coefficient (Wildman–Crippen LogP) is 2.37. The van der Waals surface area contributed by atoms with Crippen molar-refractivity contribution in [3.8, 4) is 0 Å². The lowest BCUT2D eigenvalue weighted by molar-refractivity contribution is 0.0669. The lowest BCUT2D eigenvalue weighted by Gasteiger charge is -2.32. The van der Waals surface area contributed by atoms with Crippen molar-refractivity contribution in [1.29, 1.82) is 0 Å². The number of hydrogen-bond acceptors (Lipinski definition) is 2. The lowest BCUT2D eigenvalue weighted by Crippen LogP contribution is -2.40. The Morgan fingerprint density at radius 2 is 2.30 bits per heavy atom. The predicted molar refractivity (Wildman–Crippen MR) is 80.6 cm³/mol. The second-order valence-corrected chi connectivity index (χ2v) is 5.62. The first-order valence-corrected chi connectivity index (χ1v) is 7.34. The van der Waals surface area contributed by atoms with Gasteiger partial charge in [0.15, 0.2) is 0 Å². The van der Waals surface area contributed by atoms with Crippen molar-refractivity contribution in [2.45, 2.75) is 19.3 Å². The van der Waals surface area contributed by atoms with Crippen LogP contribution < -0.4 is 5.73 Å². The first kappa shape index (κ1) is 13.2. The summed E-state index contributed by atoms with van der Waals surface area (Å²) in [5, 5.41) is 1.09. The van der Waals surface area contributed by atoms with Crippen LogP contribution >= 0.6 is 0 Å². The first-order valence-electron chi connectivity index (χ1n) is 7.34. The summed E-state index contributed by atoms with van der Waals surface area (Å²) in [6, 6.07) is 7.86. The van der Waals surface area contributed by atoms with Crippen molar-refractivity contribution in [1.82, 2.24) is 9.88 Å². The van der Waals surface area contributed by atoms with Crippen LogP contribution in [-0.2, 0) is 0 Å². The average molecular weight is 271 g/mol. The van der Waals surface area contributed by atoms with Crippen molar-refractivity contribution in [2.75, 3.05) is 19.6 Å². The monoisotopic (exact) mass is 271 g/mol. The van der Waals surface area contributed by atoms with Crippen molar-refractivity contribution in [3.05, 3.63) is 36.0 Å². The van der Waals surface area contributed by atoms with Gasteiger partial charge in [-0.2, -0.15) is 0 Å². The third-order valence-corrected chi connectivity index (χ3v) is 4.18. The van der Waals surface area contributed by atoms with Gasteiger partial charge in [0.1, 0.15) is 0 Å². The fourth-order valence-electron chi connectivity index (χ4n) is 3.09. The summed E-state index contributed by atoms with van der Waals surface area (Å²) in [7, 11) is 0. The highest BCUT2D eigenvalue weighted by molar-refractivity contribution is 5.98. The molecule has 0 spiro atoms. The van der Waals surface area contributed by atoms with Crippen molar-refractivity contribution in [3.63, 3.8) is 0 Å². The van der Waals surface area contributed by atoms with E-state index in [0.717, 1.165) is 42.4 Å². The van der Waals surface area contributed by atoms with Gasteiger partial charge >= 0.3 is 0 Å². The Morgan fingerprint density at radius 1 is 1.40 bits per heavy atom. The molecule has 1 aromatic carbocycles. The number of nitrogens with two attached hydrogens (primary N) is 1. The number of aromatic amines is 1. The number of nitrogens with zero attached hydrogens (tertiary/aromatic N) is 1. The summed E-state index contributed by atoms with van der Waals surface area (Å²) in [5.74, 6) is 0.712. The number of aromatic nitrogens is 1. The van der Waals surface area contributed by atoms with Crippen LogP contribution in [0.4, 0.5) is 0 Å². The minimum absolute atomic E-state index is 0.148. The van der Waals surface area contributed by atoms with Crippen LogP contribution in [0.1, 0.15) is 29.6 Å². The quantitative estimate of drug-likeness (QED) is 0.900. The molecule has 2 heterocycles. The van der Waals surface area contributed by atoms with Crippen molar-refractivity contribution < 1.29 is 4.79 Å². The summed E-state index contributed by atoms with van der Waals surface area (Å²) in [6.45, 7) is 2.42. The second-order valence-electron chi connectivity index (χ2n) is 5.62. The standard InChI is InChI=1S/C16H21N3O/c17-7-5-12-2-1-9-19(11-12)16(20)14-3-4-15-13(10-14)6-8-18-15/h3-4,6,8,10,12,18H,1-2,5,7,9,11,17H2. The maximum absolute atomic E-state index is 12.6. The molecule has 20 heavy (non-hydrogen) atoms. The molecule has 4 heteroatoms. The van der Waals surface area contributed by atoms with Gasteiger partial charge in [0.25, 0.3) is 5.91 Å². The molecule has 2 aromatic rings. The van der Waals surface area contributed by atoms with Gasteiger partial charge in [-0.25, -0.2) is 0 Å². The molecule has 0 saturated carbocycles. The zero-order chi connectivity index (χ0) is 13.9. The highest BCUT2D eigenvalue weighted by Crippen LogP contribution is 2.22. The number of likely N-dealkylation sites (tertiary alicyclic amines) is 1. The van der Waals surface area contributed by atoms with Gasteiger partial charge in [-0.3, -0.25) is 4.79 Å². The molecule has 0 radical (unpaired) electrons. The maximum atomic E-state index is 12.6. The molecule has 0 bridgehead atoms. The minimum atomic E-state index is 0.148. The van der Waals surface area contributed by atoms with Gasteiger partial charge in [-0.1, -0.05) is 0 Å². The number of carbonyl (C=O) groups excluding carboxylic acids is 1. The van der Waals surface area contributed by atoms with Crippen LogP contribution in [0.5, 0.6) is 0 Å². The Labute approximate surface area is 118 Å². The van der Waals surface area contributed by atoms with Crippen molar-refractivity contribution in [2.24, 2.45) is 11.7 Å². The molecule has 3 N–H and O–H groups in total. The van der Waals surface area contributed by atoms with E-state index in [2.05, 4.69) is 4.98 Å². The Bertz CT molecular complexity index is 603. The fraction of sp³-hybridized carbons (Fsp3) is 0.438. The minimum Gasteiger partial charge on any atom is -0.361 e. The van der Waals surface area contributed by atoms with E-state index in [-0.39, 0.29) is 5.91 Å². The summed E-state index contributed by atoms with van der Waals surface area (Å²) in [4.78, 5) is 17.7. The maximum Gasteiger partial charge on any atom is 0.253 e. The topological polar surface area (TPSA) is 62.1 Å². The van der Waals surface area contributed by atoms with E-state index in [0.29, 0.717) is 12.5 Å². The highest BCUT2D eigenvalue weighted by Gasteiger charge is 2.24. The summed E-state index contributed by atoms with van der Waals surface area (Å²) < 4.78 is 0. The number of fused-ring (bicyclic) bond motifs is 1. The molecule has 1 saturated heterocycles. The van der Waals surface area contributed by atoms with E-state index in [1.165, 1.54) is 6.42 Å². The van der Waals surface area contributed by atoms with Crippen LogP contribution in [0.15, 0.2) is 30.5 Å². The van der Waals surface area contributed by atoms with Gasteiger partial charge in [0.05, 0.1) is 0 Å². The molecular formula is C16H21N3O. The Balaban J connectivity index is 1.77. The molecule has 0 aliphatic carbocycles. The number of benzene rings is 1. The van der Waals surface area contributed by atoms with Gasteiger partial charge in [-0.05, 0) is 56.0 Å². The van der Waals surface area contributed by atoms with Crippen LogP contribution in [-0.4, -0.2) is 35.4 Å². The Morgan fingerprint density at radius 3 is 3.15 bits per heavy atom. The zero-order valence-corrected chi connectivity index (χ0v) is 11.6. The number of H-pyrrole nitrogens is 1. The summed E-state index contributed by atoms with van der Waals surface area (Å²) >= 11 is 0. The molecule has 1 aliphatic rings. The summed E-state index contributed by atoms with van der Waals surface area (Å²) in [5.41, 5.74) is 7.49. The lowest BCUT2D eigenvalue weighted by atomic mass is 9.94. The number of piperidine rings is 1. The van der Waals surface area contributed by atoms with E-state index in [1.54, 1.807) is 0 Å². The van der Waals surface area contributed by atoms with Crippen LogP contribution in [0.3, 0.4) is 0 Å². The highest BCUT2D eigenvalue weighted by atomic mass is 16.2. The van der Waals surface area contributed by atoms with E-state index < -0.39 is 0 Å². The van der Waals surface area contributed by atoms with E-state index in [1.807, 2.05) is 35.4 Å². The first-order chi connectivity index (χ1) is 9.78. The van der Waals surface area contributed by atoms with E-state index in [9.17, 15) is 4.79 Å². The zero-order valence-electron chi connectivity index (χ0n) is 11.6. The van der Waals surface area contributed by atoms with Gasteiger partial charge < -0.3 is 15.6 Å². The molecule has 1 aliphatic heterocycles. The number of rotatable bonds is 3. The van der Waals surface area contributed by atoms with Crippen LogP contribution in [0, 0.1) is 5.92 Å².